The molecule has 0 spiro atoms. The molecule has 84 valence electrons. The lowest BCUT2D eigenvalue weighted by Crippen LogP contribution is -2.11. The van der Waals surface area contributed by atoms with Gasteiger partial charge in [0.1, 0.15) is 17.7 Å². The van der Waals surface area contributed by atoms with Crippen LogP contribution >= 0.6 is 0 Å². The lowest BCUT2D eigenvalue weighted by atomic mass is 10.0. The molecule has 5 nitrogen and oxygen atoms in total. The number of imidazole rings is 1. The molecule has 2 aromatic heterocycles. The number of aromatic nitrogens is 3. The minimum atomic E-state index is -0.839. The third-order valence-electron chi connectivity index (χ3n) is 2.62. The molecule has 0 aliphatic heterocycles. The Hall–Kier alpha value is -1.88. The van der Waals surface area contributed by atoms with E-state index in [4.69, 9.17) is 5.73 Å². The number of nitrogen functional groups attached to an aromatic ring is 1. The summed E-state index contributed by atoms with van der Waals surface area (Å²) in [5, 5.41) is 10.2. The van der Waals surface area contributed by atoms with Gasteiger partial charge in [-0.1, -0.05) is 0 Å². The zero-order valence-corrected chi connectivity index (χ0v) is 9.25. The molecule has 2 heterocycles. The Balaban J connectivity index is 2.49. The molecule has 5 heteroatoms. The Morgan fingerprint density at radius 3 is 2.69 bits per heavy atom. The Labute approximate surface area is 93.6 Å². The molecular formula is C11H14N4O. The lowest BCUT2D eigenvalue weighted by Gasteiger charge is -2.14. The standard InChI is InChI=1S/C11H14N4O/c1-7-3-4-13-10(12)8(7)9(16)11-14-5-6-15(11)2/h3-6,9,16H,1-2H3,(H2,12,13). The fourth-order valence-corrected chi connectivity index (χ4v) is 1.72. The Bertz CT molecular complexity index is 486. The smallest absolute Gasteiger partial charge is 0.142 e. The molecule has 1 unspecified atom stereocenters. The summed E-state index contributed by atoms with van der Waals surface area (Å²) >= 11 is 0. The first kappa shape index (κ1) is 10.6. The summed E-state index contributed by atoms with van der Waals surface area (Å²) in [5.74, 6) is 0.901. The van der Waals surface area contributed by atoms with E-state index in [1.165, 1.54) is 0 Å². The number of hydrogen-bond acceptors (Lipinski definition) is 4. The van der Waals surface area contributed by atoms with Crippen LogP contribution < -0.4 is 5.73 Å². The largest absolute Gasteiger partial charge is 0.383 e. The average molecular weight is 218 g/mol. The van der Waals surface area contributed by atoms with Crippen LogP contribution in [-0.4, -0.2) is 19.6 Å². The second-order valence-electron chi connectivity index (χ2n) is 3.73. The molecule has 0 aliphatic rings. The van der Waals surface area contributed by atoms with E-state index >= 15 is 0 Å². The SMILES string of the molecule is Cc1ccnc(N)c1C(O)c1nccn1C. The first-order valence-corrected chi connectivity index (χ1v) is 4.97. The lowest BCUT2D eigenvalue weighted by molar-refractivity contribution is 0.206. The van der Waals surface area contributed by atoms with Crippen molar-refractivity contribution in [2.45, 2.75) is 13.0 Å². The van der Waals surface area contributed by atoms with Crippen LogP contribution in [0.4, 0.5) is 5.82 Å². The van der Waals surface area contributed by atoms with Crippen LogP contribution in [0.25, 0.3) is 0 Å². The predicted molar refractivity (Wildman–Crippen MR) is 60.7 cm³/mol. The van der Waals surface area contributed by atoms with Crippen molar-refractivity contribution in [3.8, 4) is 0 Å². The first-order chi connectivity index (χ1) is 7.61. The number of hydrogen-bond donors (Lipinski definition) is 2. The first-order valence-electron chi connectivity index (χ1n) is 4.97. The molecule has 0 bridgehead atoms. The van der Waals surface area contributed by atoms with Crippen molar-refractivity contribution in [2.75, 3.05) is 5.73 Å². The Kier molecular flexibility index (Phi) is 2.62. The molecular weight excluding hydrogens is 204 g/mol. The predicted octanol–water partition coefficient (Wildman–Crippen LogP) is 0.787. The third-order valence-corrected chi connectivity index (χ3v) is 2.62. The van der Waals surface area contributed by atoms with Gasteiger partial charge >= 0.3 is 0 Å². The van der Waals surface area contributed by atoms with Crippen molar-refractivity contribution < 1.29 is 5.11 Å². The number of aryl methyl sites for hydroxylation is 2. The van der Waals surface area contributed by atoms with E-state index < -0.39 is 6.10 Å². The monoisotopic (exact) mass is 218 g/mol. The number of aliphatic hydroxyl groups excluding tert-OH is 1. The highest BCUT2D eigenvalue weighted by atomic mass is 16.3. The normalized spacial score (nSPS) is 12.7. The number of rotatable bonds is 2. The number of aliphatic hydroxyl groups is 1. The van der Waals surface area contributed by atoms with Crippen molar-refractivity contribution in [2.24, 2.45) is 7.05 Å². The van der Waals surface area contributed by atoms with Gasteiger partial charge in [0.2, 0.25) is 0 Å². The maximum absolute atomic E-state index is 10.2. The summed E-state index contributed by atoms with van der Waals surface area (Å²) in [5.41, 5.74) is 7.30. The van der Waals surface area contributed by atoms with Crippen LogP contribution in [0.2, 0.25) is 0 Å². The van der Waals surface area contributed by atoms with E-state index in [-0.39, 0.29) is 0 Å². The molecule has 0 radical (unpaired) electrons. The zero-order chi connectivity index (χ0) is 11.7. The van der Waals surface area contributed by atoms with Crippen LogP contribution in [0.3, 0.4) is 0 Å². The topological polar surface area (TPSA) is 77.0 Å². The maximum Gasteiger partial charge on any atom is 0.142 e. The van der Waals surface area contributed by atoms with Crippen molar-refractivity contribution in [1.82, 2.24) is 14.5 Å². The van der Waals surface area contributed by atoms with E-state index in [9.17, 15) is 5.11 Å². The summed E-state index contributed by atoms with van der Waals surface area (Å²) < 4.78 is 1.76. The fourth-order valence-electron chi connectivity index (χ4n) is 1.72. The average Bonchev–Trinajstić information content (AvgIpc) is 2.64. The summed E-state index contributed by atoms with van der Waals surface area (Å²) in [4.78, 5) is 8.09. The van der Waals surface area contributed by atoms with Crippen molar-refractivity contribution in [3.05, 3.63) is 41.6 Å². The van der Waals surface area contributed by atoms with Gasteiger partial charge in [0.05, 0.1) is 0 Å². The van der Waals surface area contributed by atoms with Gasteiger partial charge in [-0.2, -0.15) is 0 Å². The quantitative estimate of drug-likeness (QED) is 0.781. The highest BCUT2D eigenvalue weighted by Crippen LogP contribution is 2.26. The van der Waals surface area contributed by atoms with Gasteiger partial charge in [-0.3, -0.25) is 0 Å². The molecule has 0 aliphatic carbocycles. The zero-order valence-electron chi connectivity index (χ0n) is 9.25. The van der Waals surface area contributed by atoms with Gasteiger partial charge in [0, 0.05) is 31.2 Å². The van der Waals surface area contributed by atoms with E-state index in [2.05, 4.69) is 9.97 Å². The van der Waals surface area contributed by atoms with Gasteiger partial charge in [-0.15, -0.1) is 0 Å². The second-order valence-corrected chi connectivity index (χ2v) is 3.73. The number of anilines is 1. The summed E-state index contributed by atoms with van der Waals surface area (Å²) in [6, 6.07) is 1.82. The maximum atomic E-state index is 10.2. The molecule has 2 rings (SSSR count). The van der Waals surface area contributed by atoms with Crippen LogP contribution in [0, 0.1) is 6.92 Å². The van der Waals surface area contributed by atoms with Crippen LogP contribution in [-0.2, 0) is 7.05 Å². The van der Waals surface area contributed by atoms with Crippen LogP contribution in [0.1, 0.15) is 23.1 Å². The van der Waals surface area contributed by atoms with E-state index in [0.29, 0.717) is 17.2 Å². The van der Waals surface area contributed by atoms with Crippen molar-refractivity contribution >= 4 is 5.82 Å². The Morgan fingerprint density at radius 2 is 2.12 bits per heavy atom. The van der Waals surface area contributed by atoms with Gasteiger partial charge in [-0.05, 0) is 18.6 Å². The molecule has 16 heavy (non-hydrogen) atoms. The molecule has 2 aromatic rings. The summed E-state index contributed by atoms with van der Waals surface area (Å²) in [7, 11) is 1.83. The fraction of sp³-hybridized carbons (Fsp3) is 0.273. The van der Waals surface area contributed by atoms with Gasteiger partial charge in [-0.25, -0.2) is 9.97 Å². The summed E-state index contributed by atoms with van der Waals surface area (Å²) in [6.45, 7) is 1.89. The number of pyridine rings is 1. The number of nitrogens with two attached hydrogens (primary N) is 1. The highest BCUT2D eigenvalue weighted by Gasteiger charge is 2.19. The second kappa shape index (κ2) is 3.94. The van der Waals surface area contributed by atoms with Gasteiger partial charge in [0.15, 0.2) is 0 Å². The molecule has 0 aromatic carbocycles. The minimum Gasteiger partial charge on any atom is -0.383 e. The molecule has 3 N–H and O–H groups in total. The van der Waals surface area contributed by atoms with E-state index in [1.807, 2.05) is 20.0 Å². The third kappa shape index (κ3) is 1.65. The van der Waals surface area contributed by atoms with Crippen LogP contribution in [0.5, 0.6) is 0 Å². The van der Waals surface area contributed by atoms with E-state index in [0.717, 1.165) is 5.56 Å². The van der Waals surface area contributed by atoms with Crippen molar-refractivity contribution in [1.29, 1.82) is 0 Å². The van der Waals surface area contributed by atoms with Gasteiger partial charge in [0.25, 0.3) is 0 Å². The van der Waals surface area contributed by atoms with Gasteiger partial charge < -0.3 is 15.4 Å². The molecule has 0 saturated carbocycles. The van der Waals surface area contributed by atoms with E-state index in [1.54, 1.807) is 23.2 Å². The number of nitrogens with zero attached hydrogens (tertiary/aromatic N) is 3. The molecule has 0 saturated heterocycles. The molecule has 0 fully saturated rings. The molecule has 1 atom stereocenters. The summed E-state index contributed by atoms with van der Waals surface area (Å²) in [6.07, 6.45) is 4.20. The minimum absolute atomic E-state index is 0.343. The van der Waals surface area contributed by atoms with Crippen molar-refractivity contribution in [3.63, 3.8) is 0 Å². The molecule has 0 amide bonds. The van der Waals surface area contributed by atoms with Crippen LogP contribution in [0.15, 0.2) is 24.7 Å². The highest BCUT2D eigenvalue weighted by molar-refractivity contribution is 5.47. The Morgan fingerprint density at radius 1 is 1.38 bits per heavy atom.